The van der Waals surface area contributed by atoms with Gasteiger partial charge < -0.3 is 9.47 Å². The minimum Gasteiger partial charge on any atom is -0.465 e. The fraction of sp³-hybridized carbons (Fsp3) is 0.913. The highest BCUT2D eigenvalue weighted by molar-refractivity contribution is 5.72. The number of carbonyl (C=O) groups is 2. The van der Waals surface area contributed by atoms with Gasteiger partial charge in [0.25, 0.3) is 0 Å². The van der Waals surface area contributed by atoms with Crippen LogP contribution in [0, 0.1) is 17.3 Å². The number of hydrogen-bond donors (Lipinski definition) is 0. The Bertz CT molecular complexity index is 375. The Morgan fingerprint density at radius 3 is 1.48 bits per heavy atom. The van der Waals surface area contributed by atoms with Crippen LogP contribution < -0.4 is 0 Å². The summed E-state index contributed by atoms with van der Waals surface area (Å²) >= 11 is 0. The van der Waals surface area contributed by atoms with E-state index >= 15 is 0 Å². The molecule has 0 saturated carbocycles. The number of carbonyl (C=O) groups excluding carboxylic acids is 2. The lowest BCUT2D eigenvalue weighted by atomic mass is 9.81. The summed E-state index contributed by atoms with van der Waals surface area (Å²) in [6, 6.07) is 0. The zero-order valence-electron chi connectivity index (χ0n) is 18.8. The highest BCUT2D eigenvalue weighted by Gasteiger charge is 2.32. The average molecular weight is 385 g/mol. The fourth-order valence-corrected chi connectivity index (χ4v) is 3.11. The van der Waals surface area contributed by atoms with Crippen molar-refractivity contribution in [1.29, 1.82) is 0 Å². The van der Waals surface area contributed by atoms with Crippen molar-refractivity contribution in [3.05, 3.63) is 0 Å². The van der Waals surface area contributed by atoms with Gasteiger partial charge in [0, 0.05) is 5.41 Å². The Kier molecular flexibility index (Phi) is 14.3. The maximum Gasteiger partial charge on any atom is 0.308 e. The largest absolute Gasteiger partial charge is 0.465 e. The molecule has 4 heteroatoms. The van der Waals surface area contributed by atoms with E-state index in [4.69, 9.17) is 9.47 Å². The first-order valence-electron chi connectivity index (χ1n) is 11.2. The highest BCUT2D eigenvalue weighted by atomic mass is 16.5. The van der Waals surface area contributed by atoms with Gasteiger partial charge in [-0.1, -0.05) is 80.1 Å². The fourth-order valence-electron chi connectivity index (χ4n) is 3.11. The molecule has 0 amide bonds. The second kappa shape index (κ2) is 14.9. The van der Waals surface area contributed by atoms with Crippen LogP contribution >= 0.6 is 0 Å². The van der Waals surface area contributed by atoms with E-state index < -0.39 is 0 Å². The van der Waals surface area contributed by atoms with Crippen molar-refractivity contribution in [2.24, 2.45) is 17.3 Å². The van der Waals surface area contributed by atoms with Crippen LogP contribution in [0.4, 0.5) is 0 Å². The minimum absolute atomic E-state index is 0.0673. The molecule has 0 radical (unpaired) electrons. The summed E-state index contributed by atoms with van der Waals surface area (Å²) in [5, 5.41) is 0. The lowest BCUT2D eigenvalue weighted by Gasteiger charge is -2.32. The number of unbranched alkanes of at least 4 members (excludes halogenated alkanes) is 3. The van der Waals surface area contributed by atoms with E-state index in [0.717, 1.165) is 64.2 Å². The van der Waals surface area contributed by atoms with Crippen molar-refractivity contribution in [1.82, 2.24) is 0 Å². The van der Waals surface area contributed by atoms with E-state index in [1.165, 1.54) is 0 Å². The monoisotopic (exact) mass is 384 g/mol. The molecular weight excluding hydrogens is 340 g/mol. The first-order valence-corrected chi connectivity index (χ1v) is 11.2. The van der Waals surface area contributed by atoms with Gasteiger partial charge in [0.15, 0.2) is 0 Å². The molecule has 0 bridgehead atoms. The Hall–Kier alpha value is -1.06. The number of esters is 2. The van der Waals surface area contributed by atoms with Gasteiger partial charge in [-0.2, -0.15) is 0 Å². The van der Waals surface area contributed by atoms with Gasteiger partial charge >= 0.3 is 11.9 Å². The average Bonchev–Trinajstić information content (AvgIpc) is 2.69. The Morgan fingerprint density at radius 1 is 0.741 bits per heavy atom. The Balaban J connectivity index is 4.79. The summed E-state index contributed by atoms with van der Waals surface area (Å²) in [5.41, 5.74) is -0.268. The topological polar surface area (TPSA) is 52.6 Å². The van der Waals surface area contributed by atoms with Crippen LogP contribution in [0.5, 0.6) is 0 Å². The van der Waals surface area contributed by atoms with Gasteiger partial charge in [0.1, 0.15) is 13.2 Å². The molecule has 160 valence electrons. The zero-order valence-corrected chi connectivity index (χ0v) is 18.8. The molecule has 4 nitrogen and oxygen atoms in total. The van der Waals surface area contributed by atoms with Gasteiger partial charge in [-0.05, 0) is 25.7 Å². The van der Waals surface area contributed by atoms with E-state index in [9.17, 15) is 9.59 Å². The quantitative estimate of drug-likeness (QED) is 0.292. The molecular formula is C23H44O4. The standard InChI is InChI=1S/C23H44O4/c1-7-11-14-19(5)21(24)26-17-23(10-4,16-13-9-3)18-27-22(25)20(6)15-12-8-2/h19-20H,7-18H2,1-6H3. The van der Waals surface area contributed by atoms with E-state index in [2.05, 4.69) is 27.7 Å². The van der Waals surface area contributed by atoms with Gasteiger partial charge in [-0.15, -0.1) is 0 Å². The van der Waals surface area contributed by atoms with Crippen LogP contribution in [0.1, 0.15) is 106 Å². The maximum atomic E-state index is 12.3. The van der Waals surface area contributed by atoms with Crippen LogP contribution in [0.2, 0.25) is 0 Å². The van der Waals surface area contributed by atoms with Crippen LogP contribution in [-0.2, 0) is 19.1 Å². The molecule has 2 atom stereocenters. The second-order valence-corrected chi connectivity index (χ2v) is 8.26. The van der Waals surface area contributed by atoms with Crippen molar-refractivity contribution >= 4 is 11.9 Å². The summed E-state index contributed by atoms with van der Waals surface area (Å²) in [6.45, 7) is 13.1. The lowest BCUT2D eigenvalue weighted by molar-refractivity contribution is -0.159. The smallest absolute Gasteiger partial charge is 0.308 e. The van der Waals surface area contributed by atoms with Crippen molar-refractivity contribution in [2.45, 2.75) is 106 Å². The van der Waals surface area contributed by atoms with Crippen LogP contribution in [-0.4, -0.2) is 25.2 Å². The number of hydrogen-bond acceptors (Lipinski definition) is 4. The maximum absolute atomic E-state index is 12.3. The summed E-state index contributed by atoms with van der Waals surface area (Å²) in [7, 11) is 0. The molecule has 0 heterocycles. The normalized spacial score (nSPS) is 15.6. The predicted octanol–water partition coefficient (Wildman–Crippen LogP) is 6.31. The molecule has 0 spiro atoms. The van der Waals surface area contributed by atoms with E-state index in [0.29, 0.717) is 13.2 Å². The van der Waals surface area contributed by atoms with Crippen molar-refractivity contribution < 1.29 is 19.1 Å². The summed E-state index contributed by atoms with van der Waals surface area (Å²) < 4.78 is 11.4. The summed E-state index contributed by atoms with van der Waals surface area (Å²) in [5.74, 6) is -0.384. The molecule has 0 aromatic rings. The van der Waals surface area contributed by atoms with E-state index in [1.54, 1.807) is 0 Å². The predicted molar refractivity (Wildman–Crippen MR) is 112 cm³/mol. The molecule has 0 aromatic carbocycles. The summed E-state index contributed by atoms with van der Waals surface area (Å²) in [6.07, 6.45) is 9.84. The summed E-state index contributed by atoms with van der Waals surface area (Å²) in [4.78, 5) is 24.6. The SMILES string of the molecule is CCCCC(C)C(=O)OCC(CC)(CCCC)COC(=O)C(C)CCCC. The first-order chi connectivity index (χ1) is 12.9. The van der Waals surface area contributed by atoms with Gasteiger partial charge in [0.2, 0.25) is 0 Å². The van der Waals surface area contributed by atoms with Crippen LogP contribution in [0.25, 0.3) is 0 Å². The first kappa shape index (κ1) is 25.9. The third-order valence-electron chi connectivity index (χ3n) is 5.64. The van der Waals surface area contributed by atoms with Crippen molar-refractivity contribution in [2.75, 3.05) is 13.2 Å². The third-order valence-corrected chi connectivity index (χ3v) is 5.64. The van der Waals surface area contributed by atoms with E-state index in [1.807, 2.05) is 13.8 Å². The minimum atomic E-state index is -0.268. The molecule has 0 fully saturated rings. The Labute approximate surface area is 167 Å². The Morgan fingerprint density at radius 2 is 1.15 bits per heavy atom. The molecule has 2 unspecified atom stereocenters. The third kappa shape index (κ3) is 10.8. The molecule has 0 aromatic heterocycles. The molecule has 0 saturated heterocycles. The molecule has 0 N–H and O–H groups in total. The second-order valence-electron chi connectivity index (χ2n) is 8.26. The van der Waals surface area contributed by atoms with Crippen molar-refractivity contribution in [3.63, 3.8) is 0 Å². The number of ether oxygens (including phenoxy) is 2. The molecule has 0 rings (SSSR count). The lowest BCUT2D eigenvalue weighted by Crippen LogP contribution is -2.35. The van der Waals surface area contributed by atoms with Gasteiger partial charge in [-0.3, -0.25) is 9.59 Å². The zero-order chi connectivity index (χ0) is 20.7. The van der Waals surface area contributed by atoms with Crippen molar-refractivity contribution in [3.8, 4) is 0 Å². The molecule has 0 aliphatic heterocycles. The van der Waals surface area contributed by atoms with Crippen LogP contribution in [0.15, 0.2) is 0 Å². The van der Waals surface area contributed by atoms with E-state index in [-0.39, 0.29) is 29.2 Å². The molecule has 27 heavy (non-hydrogen) atoms. The van der Waals surface area contributed by atoms with Gasteiger partial charge in [-0.25, -0.2) is 0 Å². The van der Waals surface area contributed by atoms with Gasteiger partial charge in [0.05, 0.1) is 11.8 Å². The van der Waals surface area contributed by atoms with Crippen LogP contribution in [0.3, 0.4) is 0 Å². The molecule has 0 aliphatic rings. The molecule has 0 aliphatic carbocycles. The number of rotatable bonds is 16. The highest BCUT2D eigenvalue weighted by Crippen LogP contribution is 2.31.